The zero-order valence-corrected chi connectivity index (χ0v) is 22.4. The Morgan fingerprint density at radius 3 is 2.66 bits per heavy atom. The van der Waals surface area contributed by atoms with Crippen LogP contribution >= 0.6 is 0 Å². The van der Waals surface area contributed by atoms with Gasteiger partial charge >= 0.3 is 0 Å². The number of likely N-dealkylation sites (tertiary alicyclic amines) is 1. The number of anilines is 1. The number of fused-ring (bicyclic) bond motifs is 1. The van der Waals surface area contributed by atoms with E-state index in [0.29, 0.717) is 41.7 Å². The van der Waals surface area contributed by atoms with Gasteiger partial charge < -0.3 is 5.32 Å². The fourth-order valence-electron chi connectivity index (χ4n) is 5.40. The summed E-state index contributed by atoms with van der Waals surface area (Å²) in [5.41, 5.74) is 6.23. The second-order valence-corrected chi connectivity index (χ2v) is 10.4. The van der Waals surface area contributed by atoms with Crippen LogP contribution in [0.5, 0.6) is 0 Å². The number of H-pyrrole nitrogens is 1. The highest BCUT2D eigenvalue weighted by atomic mass is 19.3. The third-order valence-corrected chi connectivity index (χ3v) is 7.47. The molecule has 0 saturated carbocycles. The maximum absolute atomic E-state index is 14.4. The van der Waals surface area contributed by atoms with Crippen LogP contribution in [0.1, 0.15) is 35.0 Å². The molecule has 208 valence electrons. The Labute approximate surface area is 235 Å². The van der Waals surface area contributed by atoms with Crippen LogP contribution in [0.2, 0.25) is 0 Å². The lowest BCUT2D eigenvalue weighted by Gasteiger charge is -2.15. The van der Waals surface area contributed by atoms with Crippen LogP contribution in [0, 0.1) is 5.82 Å². The van der Waals surface area contributed by atoms with E-state index in [-0.39, 0.29) is 30.4 Å². The van der Waals surface area contributed by atoms with E-state index in [1.807, 2.05) is 43.3 Å². The van der Waals surface area contributed by atoms with E-state index >= 15 is 0 Å². The van der Waals surface area contributed by atoms with Gasteiger partial charge in [-0.1, -0.05) is 37.3 Å². The summed E-state index contributed by atoms with van der Waals surface area (Å²) in [7, 11) is 0. The fourth-order valence-corrected chi connectivity index (χ4v) is 5.40. The number of aryl methyl sites for hydroxylation is 1. The maximum atomic E-state index is 14.4. The van der Waals surface area contributed by atoms with Crippen molar-refractivity contribution in [3.63, 3.8) is 0 Å². The van der Waals surface area contributed by atoms with Crippen molar-refractivity contribution in [3.8, 4) is 22.3 Å². The molecule has 6 nitrogen and oxygen atoms in total. The first-order valence-corrected chi connectivity index (χ1v) is 13.5. The first-order chi connectivity index (χ1) is 19.8. The van der Waals surface area contributed by atoms with Crippen LogP contribution in [-0.4, -0.2) is 45.0 Å². The molecule has 2 N–H and O–H groups in total. The molecule has 5 aromatic rings. The van der Waals surface area contributed by atoms with Gasteiger partial charge in [0.2, 0.25) is 0 Å². The van der Waals surface area contributed by atoms with E-state index in [1.54, 1.807) is 41.6 Å². The number of carbonyl (C=O) groups excluding carboxylic acids is 1. The molecule has 0 radical (unpaired) electrons. The first-order valence-electron chi connectivity index (χ1n) is 13.5. The third kappa shape index (κ3) is 5.58. The number of amides is 1. The molecule has 0 spiro atoms. The van der Waals surface area contributed by atoms with Crippen LogP contribution < -0.4 is 5.32 Å². The molecule has 1 saturated heterocycles. The highest BCUT2D eigenvalue weighted by molar-refractivity contribution is 6.11. The average molecular weight is 556 g/mol. The van der Waals surface area contributed by atoms with Crippen molar-refractivity contribution >= 4 is 22.5 Å². The van der Waals surface area contributed by atoms with Crippen molar-refractivity contribution in [2.24, 2.45) is 0 Å². The Kier molecular flexibility index (Phi) is 7.05. The van der Waals surface area contributed by atoms with Gasteiger partial charge in [0.05, 0.1) is 12.1 Å². The number of nitrogens with one attached hydrogen (secondary N) is 2. The van der Waals surface area contributed by atoms with Gasteiger partial charge in [-0.2, -0.15) is 5.10 Å². The quantitative estimate of drug-likeness (QED) is 0.225. The molecule has 41 heavy (non-hydrogen) atoms. The molecule has 1 amide bonds. The van der Waals surface area contributed by atoms with Gasteiger partial charge in [0, 0.05) is 54.1 Å². The smallest absolute Gasteiger partial charge is 0.276 e. The van der Waals surface area contributed by atoms with Gasteiger partial charge in [-0.05, 0) is 65.1 Å². The van der Waals surface area contributed by atoms with Gasteiger partial charge in [0.1, 0.15) is 5.82 Å². The number of hydrogen-bond donors (Lipinski definition) is 2. The zero-order chi connectivity index (χ0) is 28.6. The van der Waals surface area contributed by atoms with Crippen molar-refractivity contribution in [2.45, 2.75) is 32.2 Å². The normalized spacial score (nSPS) is 14.9. The predicted molar refractivity (Wildman–Crippen MR) is 153 cm³/mol. The van der Waals surface area contributed by atoms with Gasteiger partial charge in [0.25, 0.3) is 11.8 Å². The second-order valence-electron chi connectivity index (χ2n) is 10.4. The number of rotatable bonds is 7. The van der Waals surface area contributed by atoms with E-state index in [1.165, 1.54) is 6.07 Å². The summed E-state index contributed by atoms with van der Waals surface area (Å²) < 4.78 is 41.7. The van der Waals surface area contributed by atoms with E-state index in [4.69, 9.17) is 0 Å². The lowest BCUT2D eigenvalue weighted by molar-refractivity contribution is 0.0115. The Hall–Kier alpha value is -4.50. The molecule has 0 atom stereocenters. The highest BCUT2D eigenvalue weighted by Crippen LogP contribution is 2.31. The van der Waals surface area contributed by atoms with Gasteiger partial charge in [-0.15, -0.1) is 0 Å². The molecule has 3 aromatic carbocycles. The van der Waals surface area contributed by atoms with E-state index in [9.17, 15) is 18.0 Å². The minimum absolute atomic E-state index is 0.127. The standard InChI is InChI=1S/C32H28F3N5O/c1-2-21-14-24(8-9-25(21)26-5-3-4-6-28(26)33)37-31(41)30-27-15-22(7-10-29(27)38-39-30)23-13-20(16-36-17-23)18-40-12-11-32(34,35)19-40/h3-10,13-17H,2,11-12,18-19H2,1H3,(H,37,41)(H,38,39). The summed E-state index contributed by atoms with van der Waals surface area (Å²) in [6.07, 6.45) is 3.94. The zero-order valence-electron chi connectivity index (χ0n) is 22.4. The summed E-state index contributed by atoms with van der Waals surface area (Å²) in [4.78, 5) is 19.4. The van der Waals surface area contributed by atoms with Crippen LogP contribution in [0.15, 0.2) is 79.1 Å². The molecule has 1 fully saturated rings. The van der Waals surface area contributed by atoms with Crippen LogP contribution in [0.4, 0.5) is 18.9 Å². The monoisotopic (exact) mass is 555 g/mol. The Morgan fingerprint density at radius 1 is 1.02 bits per heavy atom. The molecule has 6 rings (SSSR count). The number of hydrogen-bond acceptors (Lipinski definition) is 4. The average Bonchev–Trinajstić information content (AvgIpc) is 3.55. The van der Waals surface area contributed by atoms with Crippen molar-refractivity contribution < 1.29 is 18.0 Å². The molecule has 9 heteroatoms. The van der Waals surface area contributed by atoms with Gasteiger partial charge in [0.15, 0.2) is 5.69 Å². The molecular weight excluding hydrogens is 527 g/mol. The first kappa shape index (κ1) is 26.7. The van der Waals surface area contributed by atoms with Crippen LogP contribution in [0.25, 0.3) is 33.2 Å². The molecule has 2 aromatic heterocycles. The number of halogens is 3. The van der Waals surface area contributed by atoms with Gasteiger partial charge in [-0.3, -0.25) is 19.8 Å². The lowest BCUT2D eigenvalue weighted by Crippen LogP contribution is -2.24. The number of nitrogens with zero attached hydrogens (tertiary/aromatic N) is 3. The number of benzene rings is 3. The van der Waals surface area contributed by atoms with E-state index in [0.717, 1.165) is 27.8 Å². The predicted octanol–water partition coefficient (Wildman–Crippen LogP) is 7.09. The van der Waals surface area contributed by atoms with E-state index in [2.05, 4.69) is 20.5 Å². The molecule has 0 unspecified atom stereocenters. The lowest BCUT2D eigenvalue weighted by atomic mass is 9.97. The maximum Gasteiger partial charge on any atom is 0.276 e. The van der Waals surface area contributed by atoms with Crippen molar-refractivity contribution in [1.82, 2.24) is 20.1 Å². The minimum atomic E-state index is -2.64. The van der Waals surface area contributed by atoms with E-state index < -0.39 is 5.92 Å². The summed E-state index contributed by atoms with van der Waals surface area (Å²) in [6, 6.07) is 19.6. The Morgan fingerprint density at radius 2 is 1.88 bits per heavy atom. The van der Waals surface area contributed by atoms with Crippen molar-refractivity contribution in [1.29, 1.82) is 0 Å². The van der Waals surface area contributed by atoms with Crippen molar-refractivity contribution in [3.05, 3.63) is 102 Å². The highest BCUT2D eigenvalue weighted by Gasteiger charge is 2.37. The summed E-state index contributed by atoms with van der Waals surface area (Å²) >= 11 is 0. The van der Waals surface area contributed by atoms with Crippen LogP contribution in [0.3, 0.4) is 0 Å². The summed E-state index contributed by atoms with van der Waals surface area (Å²) in [6.45, 7) is 2.48. The third-order valence-electron chi connectivity index (χ3n) is 7.47. The SMILES string of the molecule is CCc1cc(NC(=O)c2n[nH]c3ccc(-c4cncc(CN5CCC(F)(F)C5)c4)cc23)ccc1-c1ccccc1F. The Bertz CT molecular complexity index is 1750. The number of pyridine rings is 1. The largest absolute Gasteiger partial charge is 0.321 e. The molecule has 1 aliphatic heterocycles. The molecule has 1 aliphatic rings. The molecular formula is C32H28F3N5O. The Balaban J connectivity index is 1.24. The molecule has 0 bridgehead atoms. The topological polar surface area (TPSA) is 73.9 Å². The number of aromatic nitrogens is 3. The molecule has 0 aliphatic carbocycles. The minimum Gasteiger partial charge on any atom is -0.321 e. The fraction of sp³-hybridized carbons (Fsp3) is 0.219. The summed E-state index contributed by atoms with van der Waals surface area (Å²) in [5.74, 6) is -3.32. The number of aromatic amines is 1. The molecule has 3 heterocycles. The number of carbonyl (C=O) groups is 1. The summed E-state index contributed by atoms with van der Waals surface area (Å²) in [5, 5.41) is 10.7. The van der Waals surface area contributed by atoms with Crippen molar-refractivity contribution in [2.75, 3.05) is 18.4 Å². The van der Waals surface area contributed by atoms with Gasteiger partial charge in [-0.25, -0.2) is 13.2 Å². The van der Waals surface area contributed by atoms with Crippen LogP contribution in [-0.2, 0) is 13.0 Å². The number of alkyl halides is 2. The second kappa shape index (κ2) is 10.8.